The standard InChI is InChI=1S/C15H20N4O2/c1-5-11-6-8-12(9-7-11)10(2)16-13-14(20)18(3)15(21)19(4)17-13/h6-10H,5H2,1-4H3,(H,16,17). The minimum absolute atomic E-state index is 0.0754. The fourth-order valence-corrected chi connectivity index (χ4v) is 2.12. The van der Waals surface area contributed by atoms with Crippen LogP contribution in [-0.2, 0) is 20.5 Å². The molecule has 1 aromatic carbocycles. The lowest BCUT2D eigenvalue weighted by atomic mass is 10.1. The zero-order valence-corrected chi connectivity index (χ0v) is 12.8. The molecule has 0 spiro atoms. The van der Waals surface area contributed by atoms with Gasteiger partial charge >= 0.3 is 5.69 Å². The van der Waals surface area contributed by atoms with Crippen LogP contribution in [0.2, 0.25) is 0 Å². The number of rotatable bonds is 4. The number of nitrogens with one attached hydrogen (secondary N) is 1. The number of aryl methyl sites for hydroxylation is 2. The van der Waals surface area contributed by atoms with Crippen LogP contribution in [0.3, 0.4) is 0 Å². The molecule has 0 radical (unpaired) electrons. The predicted octanol–water partition coefficient (Wildman–Crippen LogP) is 1.21. The number of hydrogen-bond donors (Lipinski definition) is 1. The van der Waals surface area contributed by atoms with Crippen molar-refractivity contribution in [1.29, 1.82) is 0 Å². The van der Waals surface area contributed by atoms with Crippen molar-refractivity contribution in [3.63, 3.8) is 0 Å². The Morgan fingerprint density at radius 3 is 2.38 bits per heavy atom. The summed E-state index contributed by atoms with van der Waals surface area (Å²) in [4.78, 5) is 23.6. The highest BCUT2D eigenvalue weighted by Gasteiger charge is 2.12. The predicted molar refractivity (Wildman–Crippen MR) is 82.6 cm³/mol. The first-order chi connectivity index (χ1) is 9.93. The summed E-state index contributed by atoms with van der Waals surface area (Å²) >= 11 is 0. The molecule has 0 saturated carbocycles. The third-order valence-electron chi connectivity index (χ3n) is 3.56. The van der Waals surface area contributed by atoms with E-state index in [2.05, 4.69) is 29.5 Å². The second-order valence-electron chi connectivity index (χ2n) is 5.08. The van der Waals surface area contributed by atoms with Gasteiger partial charge < -0.3 is 5.32 Å². The quantitative estimate of drug-likeness (QED) is 0.918. The molecular weight excluding hydrogens is 268 g/mol. The van der Waals surface area contributed by atoms with Crippen molar-refractivity contribution in [2.24, 2.45) is 14.1 Å². The summed E-state index contributed by atoms with van der Waals surface area (Å²) < 4.78 is 2.19. The molecule has 2 rings (SSSR count). The number of aromatic nitrogens is 3. The summed E-state index contributed by atoms with van der Waals surface area (Å²) in [6.07, 6.45) is 0.991. The minimum atomic E-state index is -0.439. The maximum atomic E-state index is 12.0. The second kappa shape index (κ2) is 5.95. The van der Waals surface area contributed by atoms with Crippen molar-refractivity contribution in [1.82, 2.24) is 14.3 Å². The highest BCUT2D eigenvalue weighted by molar-refractivity contribution is 5.36. The Balaban J connectivity index is 2.29. The van der Waals surface area contributed by atoms with Crippen molar-refractivity contribution in [2.45, 2.75) is 26.3 Å². The summed E-state index contributed by atoms with van der Waals surface area (Å²) in [7, 11) is 2.96. The van der Waals surface area contributed by atoms with E-state index in [0.717, 1.165) is 21.2 Å². The van der Waals surface area contributed by atoms with Crippen molar-refractivity contribution in [3.8, 4) is 0 Å². The van der Waals surface area contributed by atoms with Crippen LogP contribution in [0.5, 0.6) is 0 Å². The van der Waals surface area contributed by atoms with Gasteiger partial charge in [0.2, 0.25) is 5.82 Å². The van der Waals surface area contributed by atoms with Crippen LogP contribution in [-0.4, -0.2) is 14.3 Å². The molecule has 0 bridgehead atoms. The smallest absolute Gasteiger partial charge is 0.346 e. The molecule has 0 amide bonds. The molecule has 21 heavy (non-hydrogen) atoms. The number of anilines is 1. The van der Waals surface area contributed by atoms with Gasteiger partial charge in [0.05, 0.1) is 6.04 Å². The zero-order chi connectivity index (χ0) is 15.6. The summed E-state index contributed by atoms with van der Waals surface area (Å²) in [5, 5.41) is 7.06. The van der Waals surface area contributed by atoms with Crippen LogP contribution in [0.4, 0.5) is 5.82 Å². The van der Waals surface area contributed by atoms with E-state index in [-0.39, 0.29) is 11.9 Å². The first-order valence-electron chi connectivity index (χ1n) is 6.93. The minimum Gasteiger partial charge on any atom is -0.358 e. The maximum absolute atomic E-state index is 12.0. The lowest BCUT2D eigenvalue weighted by Gasteiger charge is -2.15. The van der Waals surface area contributed by atoms with Gasteiger partial charge in [-0.05, 0) is 24.5 Å². The van der Waals surface area contributed by atoms with Crippen LogP contribution >= 0.6 is 0 Å². The topological polar surface area (TPSA) is 68.9 Å². The Morgan fingerprint density at radius 2 is 1.81 bits per heavy atom. The molecule has 2 aromatic rings. The van der Waals surface area contributed by atoms with E-state index >= 15 is 0 Å². The van der Waals surface area contributed by atoms with Crippen molar-refractivity contribution in [3.05, 3.63) is 56.2 Å². The fourth-order valence-electron chi connectivity index (χ4n) is 2.12. The second-order valence-corrected chi connectivity index (χ2v) is 5.08. The number of benzene rings is 1. The van der Waals surface area contributed by atoms with Gasteiger partial charge in [-0.25, -0.2) is 9.48 Å². The van der Waals surface area contributed by atoms with E-state index in [1.54, 1.807) is 0 Å². The van der Waals surface area contributed by atoms with Gasteiger partial charge in [-0.1, -0.05) is 31.2 Å². The van der Waals surface area contributed by atoms with E-state index in [1.807, 2.05) is 19.1 Å². The average Bonchev–Trinajstić information content (AvgIpc) is 2.50. The highest BCUT2D eigenvalue weighted by Crippen LogP contribution is 2.16. The molecule has 1 N–H and O–H groups in total. The molecule has 0 saturated heterocycles. The van der Waals surface area contributed by atoms with Crippen molar-refractivity contribution >= 4 is 5.82 Å². The van der Waals surface area contributed by atoms with Crippen LogP contribution < -0.4 is 16.6 Å². The van der Waals surface area contributed by atoms with Crippen LogP contribution in [0.15, 0.2) is 33.9 Å². The Labute approximate surface area is 123 Å². The van der Waals surface area contributed by atoms with Gasteiger partial charge in [-0.2, -0.15) is 0 Å². The van der Waals surface area contributed by atoms with E-state index in [0.29, 0.717) is 0 Å². The van der Waals surface area contributed by atoms with Gasteiger partial charge in [0, 0.05) is 14.1 Å². The maximum Gasteiger partial charge on any atom is 0.346 e. The lowest BCUT2D eigenvalue weighted by molar-refractivity contribution is 0.601. The summed E-state index contributed by atoms with van der Waals surface area (Å²) in [5.41, 5.74) is 1.47. The summed E-state index contributed by atoms with van der Waals surface area (Å²) in [6.45, 7) is 4.06. The average molecular weight is 288 g/mol. The molecule has 6 nitrogen and oxygen atoms in total. The van der Waals surface area contributed by atoms with Gasteiger partial charge in [0.15, 0.2) is 0 Å². The molecule has 112 valence electrons. The first-order valence-corrected chi connectivity index (χ1v) is 6.93. The molecule has 0 aliphatic rings. The van der Waals surface area contributed by atoms with Crippen LogP contribution in [0, 0.1) is 0 Å². The molecule has 0 aliphatic heterocycles. The summed E-state index contributed by atoms with van der Waals surface area (Å²) in [6, 6.07) is 8.12. The van der Waals surface area contributed by atoms with E-state index in [4.69, 9.17) is 0 Å². The zero-order valence-electron chi connectivity index (χ0n) is 12.8. The fraction of sp³-hybridized carbons (Fsp3) is 0.400. The normalized spacial score (nSPS) is 12.2. The van der Waals surface area contributed by atoms with Crippen molar-refractivity contribution < 1.29 is 0 Å². The van der Waals surface area contributed by atoms with Gasteiger partial charge in [-0.15, -0.1) is 5.10 Å². The largest absolute Gasteiger partial charge is 0.358 e. The highest BCUT2D eigenvalue weighted by atomic mass is 16.2. The molecule has 1 atom stereocenters. The molecule has 6 heteroatoms. The van der Waals surface area contributed by atoms with Crippen LogP contribution in [0.25, 0.3) is 0 Å². The van der Waals surface area contributed by atoms with E-state index in [9.17, 15) is 9.59 Å². The Hall–Kier alpha value is -2.37. The van der Waals surface area contributed by atoms with E-state index < -0.39 is 11.2 Å². The lowest BCUT2D eigenvalue weighted by Crippen LogP contribution is -2.40. The number of hydrogen-bond acceptors (Lipinski definition) is 4. The van der Waals surface area contributed by atoms with Gasteiger partial charge in [0.25, 0.3) is 5.56 Å². The Kier molecular flexibility index (Phi) is 4.26. The third-order valence-corrected chi connectivity index (χ3v) is 3.56. The van der Waals surface area contributed by atoms with Crippen molar-refractivity contribution in [2.75, 3.05) is 5.32 Å². The third kappa shape index (κ3) is 3.04. The molecule has 1 heterocycles. The molecule has 0 fully saturated rings. The van der Waals surface area contributed by atoms with Crippen LogP contribution in [0.1, 0.15) is 31.0 Å². The van der Waals surface area contributed by atoms with Gasteiger partial charge in [0.1, 0.15) is 0 Å². The Bertz CT molecular complexity index is 744. The molecular formula is C15H20N4O2. The molecule has 1 aromatic heterocycles. The summed E-state index contributed by atoms with van der Waals surface area (Å²) in [5.74, 6) is 0.173. The number of nitrogens with zero attached hydrogens (tertiary/aromatic N) is 3. The first kappa shape index (κ1) is 15.0. The monoisotopic (exact) mass is 288 g/mol. The SMILES string of the molecule is CCc1ccc(C(C)Nc2nn(C)c(=O)n(C)c2=O)cc1. The van der Waals surface area contributed by atoms with E-state index in [1.165, 1.54) is 19.7 Å². The Morgan fingerprint density at radius 1 is 1.19 bits per heavy atom. The van der Waals surface area contributed by atoms with Gasteiger partial charge in [-0.3, -0.25) is 9.36 Å². The molecule has 0 aliphatic carbocycles. The molecule has 1 unspecified atom stereocenters.